The lowest BCUT2D eigenvalue weighted by Crippen LogP contribution is -2.23. The number of amides is 2. The van der Waals surface area contributed by atoms with Gasteiger partial charge in [0, 0.05) is 30.3 Å². The van der Waals surface area contributed by atoms with Crippen molar-refractivity contribution in [2.75, 3.05) is 27.4 Å². The number of carbonyl (C=O) groups excluding carboxylic acids is 2. The second kappa shape index (κ2) is 9.07. The fourth-order valence-electron chi connectivity index (χ4n) is 3.70. The molecule has 1 aliphatic carbocycles. The van der Waals surface area contributed by atoms with E-state index >= 15 is 0 Å². The van der Waals surface area contributed by atoms with Crippen LogP contribution in [0.3, 0.4) is 0 Å². The number of rotatable bonds is 7. The lowest BCUT2D eigenvalue weighted by Gasteiger charge is -2.16. The number of carbonyl (C=O) groups is 2. The van der Waals surface area contributed by atoms with Gasteiger partial charge in [0.1, 0.15) is 5.02 Å². The summed E-state index contributed by atoms with van der Waals surface area (Å²) in [5, 5.41) is 9.68. The van der Waals surface area contributed by atoms with Crippen LogP contribution in [0.15, 0.2) is 54.7 Å². The van der Waals surface area contributed by atoms with Gasteiger partial charge in [-0.2, -0.15) is 4.98 Å². The molecule has 2 aromatic carbocycles. The van der Waals surface area contributed by atoms with Crippen molar-refractivity contribution in [3.05, 3.63) is 59.8 Å². The third kappa shape index (κ3) is 4.90. The molecule has 1 aromatic heterocycles. The van der Waals surface area contributed by atoms with Gasteiger partial charge < -0.3 is 20.9 Å². The van der Waals surface area contributed by atoms with Crippen molar-refractivity contribution in [2.45, 2.75) is 25.7 Å². The Morgan fingerprint density at radius 2 is 1.79 bits per heavy atom. The van der Waals surface area contributed by atoms with E-state index in [1.807, 2.05) is 48.5 Å². The van der Waals surface area contributed by atoms with Crippen molar-refractivity contribution in [3.8, 4) is 0 Å². The molecule has 8 nitrogen and oxygen atoms in total. The molecular formula is C24H23ClN6O2. The van der Waals surface area contributed by atoms with Gasteiger partial charge in [-0.3, -0.25) is 9.59 Å². The van der Waals surface area contributed by atoms with Crippen LogP contribution >= 0.6 is 11.6 Å². The van der Waals surface area contributed by atoms with Gasteiger partial charge in [-0.05, 0) is 55.7 Å². The molecule has 168 valence electrons. The van der Waals surface area contributed by atoms with E-state index in [0.717, 1.165) is 37.2 Å². The SMILES string of the molecule is O=C(Nc1ccccc1Nc1nc(Nc2ccc(N3CCCC3=O)cc2)ncc1Cl)C1CC1. The lowest BCUT2D eigenvalue weighted by atomic mass is 10.2. The molecule has 2 fully saturated rings. The van der Waals surface area contributed by atoms with Crippen molar-refractivity contribution in [1.82, 2.24) is 9.97 Å². The zero-order valence-corrected chi connectivity index (χ0v) is 18.6. The van der Waals surface area contributed by atoms with E-state index in [9.17, 15) is 9.59 Å². The molecule has 1 aliphatic heterocycles. The molecule has 0 radical (unpaired) electrons. The second-order valence-corrected chi connectivity index (χ2v) is 8.55. The van der Waals surface area contributed by atoms with Gasteiger partial charge >= 0.3 is 0 Å². The Kier molecular flexibility index (Phi) is 5.83. The largest absolute Gasteiger partial charge is 0.337 e. The van der Waals surface area contributed by atoms with Crippen LogP contribution < -0.4 is 20.9 Å². The molecule has 9 heteroatoms. The van der Waals surface area contributed by atoms with Crippen LogP contribution in [-0.4, -0.2) is 28.3 Å². The van der Waals surface area contributed by atoms with Gasteiger partial charge in [0.2, 0.25) is 17.8 Å². The second-order valence-electron chi connectivity index (χ2n) is 8.15. The van der Waals surface area contributed by atoms with Gasteiger partial charge in [0.05, 0.1) is 17.6 Å². The fraction of sp³-hybridized carbons (Fsp3) is 0.250. The molecule has 3 N–H and O–H groups in total. The predicted molar refractivity (Wildman–Crippen MR) is 129 cm³/mol. The van der Waals surface area contributed by atoms with E-state index < -0.39 is 0 Å². The Balaban J connectivity index is 1.31. The number of halogens is 1. The molecule has 2 amide bonds. The summed E-state index contributed by atoms with van der Waals surface area (Å²) >= 11 is 6.33. The third-order valence-electron chi connectivity index (χ3n) is 5.64. The van der Waals surface area contributed by atoms with E-state index in [4.69, 9.17) is 11.6 Å². The summed E-state index contributed by atoms with van der Waals surface area (Å²) in [6, 6.07) is 15.0. The maximum atomic E-state index is 12.2. The standard InChI is InChI=1S/C24H23ClN6O2/c25-18-14-26-24(27-16-9-11-17(12-10-16)31-13-3-6-21(31)32)30-22(18)28-19-4-1-2-5-20(19)29-23(33)15-7-8-15/h1-2,4-5,9-12,14-15H,3,6-8,13H2,(H,29,33)(H2,26,27,28,30). The maximum absolute atomic E-state index is 12.2. The van der Waals surface area contributed by atoms with Gasteiger partial charge in [0.25, 0.3) is 0 Å². The van der Waals surface area contributed by atoms with Crippen LogP contribution in [0, 0.1) is 5.92 Å². The quantitative estimate of drug-likeness (QED) is 0.452. The summed E-state index contributed by atoms with van der Waals surface area (Å²) in [6.45, 7) is 0.753. The number of hydrogen-bond donors (Lipinski definition) is 3. The predicted octanol–water partition coefficient (Wildman–Crippen LogP) is 5.09. The van der Waals surface area contributed by atoms with Gasteiger partial charge in [-0.25, -0.2) is 4.98 Å². The summed E-state index contributed by atoms with van der Waals surface area (Å²) in [5.74, 6) is 1.07. The number of aromatic nitrogens is 2. The van der Waals surface area contributed by atoms with Crippen molar-refractivity contribution >= 4 is 57.9 Å². The summed E-state index contributed by atoms with van der Waals surface area (Å²) in [4.78, 5) is 34.7. The molecule has 0 atom stereocenters. The van der Waals surface area contributed by atoms with Crippen molar-refractivity contribution in [2.24, 2.45) is 5.92 Å². The number of hydrogen-bond acceptors (Lipinski definition) is 6. The van der Waals surface area contributed by atoms with Crippen molar-refractivity contribution in [1.29, 1.82) is 0 Å². The van der Waals surface area contributed by atoms with Crippen LogP contribution in [0.5, 0.6) is 0 Å². The molecule has 2 heterocycles. The van der Waals surface area contributed by atoms with E-state index in [-0.39, 0.29) is 17.7 Å². The van der Waals surface area contributed by atoms with Crippen LogP contribution in [0.1, 0.15) is 25.7 Å². The molecule has 5 rings (SSSR count). The van der Waals surface area contributed by atoms with Crippen LogP contribution in [0.2, 0.25) is 5.02 Å². The van der Waals surface area contributed by atoms with Crippen LogP contribution in [-0.2, 0) is 9.59 Å². The molecule has 1 saturated heterocycles. The zero-order chi connectivity index (χ0) is 22.8. The number of benzene rings is 2. The number of nitrogens with zero attached hydrogens (tertiary/aromatic N) is 3. The first kappa shape index (κ1) is 21.2. The molecular weight excluding hydrogens is 440 g/mol. The number of nitrogens with one attached hydrogen (secondary N) is 3. The molecule has 0 unspecified atom stereocenters. The minimum absolute atomic E-state index is 0.0273. The zero-order valence-electron chi connectivity index (χ0n) is 17.8. The van der Waals surface area contributed by atoms with E-state index in [1.165, 1.54) is 6.20 Å². The fourth-order valence-corrected chi connectivity index (χ4v) is 3.84. The van der Waals surface area contributed by atoms with Crippen molar-refractivity contribution < 1.29 is 9.59 Å². The first-order valence-corrected chi connectivity index (χ1v) is 11.3. The average Bonchev–Trinajstić information content (AvgIpc) is 3.59. The van der Waals surface area contributed by atoms with E-state index in [1.54, 1.807) is 4.90 Å². The number of para-hydroxylation sites is 2. The Morgan fingerprint density at radius 1 is 1.03 bits per heavy atom. The highest BCUT2D eigenvalue weighted by Crippen LogP contribution is 2.33. The Bertz CT molecular complexity index is 1200. The molecule has 33 heavy (non-hydrogen) atoms. The van der Waals surface area contributed by atoms with Crippen molar-refractivity contribution in [3.63, 3.8) is 0 Å². The van der Waals surface area contributed by atoms with Gasteiger partial charge in [-0.1, -0.05) is 23.7 Å². The van der Waals surface area contributed by atoms with Crippen LogP contribution in [0.25, 0.3) is 0 Å². The van der Waals surface area contributed by atoms with Gasteiger partial charge in [-0.15, -0.1) is 0 Å². The molecule has 0 bridgehead atoms. The lowest BCUT2D eigenvalue weighted by molar-refractivity contribution is -0.118. The minimum Gasteiger partial charge on any atom is -0.337 e. The highest BCUT2D eigenvalue weighted by Gasteiger charge is 2.30. The Hall–Kier alpha value is -3.65. The normalized spacial score (nSPS) is 15.4. The summed E-state index contributed by atoms with van der Waals surface area (Å²) in [6.07, 6.45) is 4.87. The molecule has 2 aliphatic rings. The first-order valence-electron chi connectivity index (χ1n) is 10.9. The molecule has 3 aromatic rings. The summed E-state index contributed by atoms with van der Waals surface area (Å²) < 4.78 is 0. The number of anilines is 6. The maximum Gasteiger partial charge on any atom is 0.229 e. The van der Waals surface area contributed by atoms with Gasteiger partial charge in [0.15, 0.2) is 5.82 Å². The highest BCUT2D eigenvalue weighted by molar-refractivity contribution is 6.33. The Labute approximate surface area is 196 Å². The third-order valence-corrected chi connectivity index (χ3v) is 5.92. The molecule has 1 saturated carbocycles. The monoisotopic (exact) mass is 462 g/mol. The summed E-state index contributed by atoms with van der Waals surface area (Å²) in [5.41, 5.74) is 3.03. The van der Waals surface area contributed by atoms with E-state index in [0.29, 0.717) is 34.6 Å². The topological polar surface area (TPSA) is 99.2 Å². The Morgan fingerprint density at radius 3 is 2.48 bits per heavy atom. The van der Waals surface area contributed by atoms with Crippen LogP contribution in [0.4, 0.5) is 34.5 Å². The minimum atomic E-state index is 0.0273. The van der Waals surface area contributed by atoms with E-state index in [2.05, 4.69) is 25.9 Å². The first-order chi connectivity index (χ1) is 16.1. The highest BCUT2D eigenvalue weighted by atomic mass is 35.5. The summed E-state index contributed by atoms with van der Waals surface area (Å²) in [7, 11) is 0. The average molecular weight is 463 g/mol. The smallest absolute Gasteiger partial charge is 0.229 e. The molecule has 0 spiro atoms.